The lowest BCUT2D eigenvalue weighted by atomic mass is 9.57. The zero-order valence-corrected chi connectivity index (χ0v) is 18.1. The third kappa shape index (κ3) is 4.49. The van der Waals surface area contributed by atoms with E-state index in [1.54, 1.807) is 0 Å². The molecule has 3 rings (SSSR count). The van der Waals surface area contributed by atoms with Crippen LogP contribution in [0, 0.1) is 35.5 Å². The second-order valence-electron chi connectivity index (χ2n) is 10.1. The Kier molecular flexibility index (Phi) is 7.11. The van der Waals surface area contributed by atoms with Crippen LogP contribution in [0.3, 0.4) is 0 Å². The Labute approximate surface area is 162 Å². The van der Waals surface area contributed by atoms with E-state index in [1.807, 2.05) is 0 Å². The summed E-state index contributed by atoms with van der Waals surface area (Å²) in [6.45, 7) is 13.5. The summed E-state index contributed by atoms with van der Waals surface area (Å²) in [6.07, 6.45) is 12.9. The van der Waals surface area contributed by atoms with E-state index in [1.165, 1.54) is 57.8 Å². The van der Waals surface area contributed by atoms with Crippen LogP contribution in [-0.4, -0.2) is 24.9 Å². The van der Waals surface area contributed by atoms with E-state index < -0.39 is 0 Å². The molecule has 8 unspecified atom stereocenters. The van der Waals surface area contributed by atoms with Crippen molar-refractivity contribution < 1.29 is 9.47 Å². The third-order valence-electron chi connectivity index (χ3n) is 8.19. The summed E-state index contributed by atoms with van der Waals surface area (Å²) in [7, 11) is 0. The molecule has 0 N–H and O–H groups in total. The maximum absolute atomic E-state index is 6.47. The standard InChI is InChI=1S/C24H44O2/c1-6-25-23-13-17(3)11-12-21(23)18(4)14-22-20-10-8-9-19(15-20)16-24(22,5)26-7-2/h17-23H,6-16H2,1-5H3. The molecule has 0 radical (unpaired) electrons. The Balaban J connectivity index is 1.71. The maximum atomic E-state index is 6.47. The number of hydrogen-bond donors (Lipinski definition) is 0. The lowest BCUT2D eigenvalue weighted by molar-refractivity contribution is -0.145. The van der Waals surface area contributed by atoms with Gasteiger partial charge in [0.25, 0.3) is 0 Å². The lowest BCUT2D eigenvalue weighted by Crippen LogP contribution is -2.50. The minimum Gasteiger partial charge on any atom is -0.378 e. The molecule has 0 heterocycles. The smallest absolute Gasteiger partial charge is 0.0687 e. The molecule has 3 aliphatic rings. The van der Waals surface area contributed by atoms with Crippen molar-refractivity contribution in [3.8, 4) is 0 Å². The van der Waals surface area contributed by atoms with Crippen LogP contribution in [0.5, 0.6) is 0 Å². The van der Waals surface area contributed by atoms with Gasteiger partial charge < -0.3 is 9.47 Å². The summed E-state index contributed by atoms with van der Waals surface area (Å²) in [6, 6.07) is 0. The van der Waals surface area contributed by atoms with Gasteiger partial charge in [0, 0.05) is 13.2 Å². The van der Waals surface area contributed by atoms with E-state index in [0.717, 1.165) is 48.7 Å². The summed E-state index contributed by atoms with van der Waals surface area (Å²) in [5.41, 5.74) is 0.111. The fraction of sp³-hybridized carbons (Fsp3) is 1.00. The summed E-state index contributed by atoms with van der Waals surface area (Å²) in [5, 5.41) is 0. The molecule has 3 saturated carbocycles. The van der Waals surface area contributed by atoms with Gasteiger partial charge in [0.05, 0.1) is 11.7 Å². The molecule has 2 heteroatoms. The normalized spacial score (nSPS) is 44.7. The molecule has 0 amide bonds. The quantitative estimate of drug-likeness (QED) is 0.515. The predicted octanol–water partition coefficient (Wildman–Crippen LogP) is 6.48. The summed E-state index contributed by atoms with van der Waals surface area (Å²) in [5.74, 6) is 4.90. The maximum Gasteiger partial charge on any atom is 0.0687 e. The van der Waals surface area contributed by atoms with Crippen molar-refractivity contribution in [2.24, 2.45) is 35.5 Å². The first kappa shape index (κ1) is 20.6. The molecular weight excluding hydrogens is 320 g/mol. The van der Waals surface area contributed by atoms with E-state index in [-0.39, 0.29) is 5.60 Å². The molecule has 2 nitrogen and oxygen atoms in total. The Morgan fingerprint density at radius 3 is 2.58 bits per heavy atom. The van der Waals surface area contributed by atoms with Crippen molar-refractivity contribution in [1.82, 2.24) is 0 Å². The molecule has 0 aromatic rings. The van der Waals surface area contributed by atoms with Gasteiger partial charge >= 0.3 is 0 Å². The lowest BCUT2D eigenvalue weighted by Gasteiger charge is -2.53. The van der Waals surface area contributed by atoms with Crippen molar-refractivity contribution in [3.63, 3.8) is 0 Å². The van der Waals surface area contributed by atoms with Crippen LogP contribution in [0.2, 0.25) is 0 Å². The molecule has 8 atom stereocenters. The first-order valence-electron chi connectivity index (χ1n) is 11.7. The highest BCUT2D eigenvalue weighted by Crippen LogP contribution is 2.52. The SMILES string of the molecule is CCOC1CC(C)CCC1C(C)CC1C2CCCC(C2)CC1(C)OCC. The van der Waals surface area contributed by atoms with E-state index in [9.17, 15) is 0 Å². The fourth-order valence-corrected chi connectivity index (χ4v) is 7.03. The average molecular weight is 365 g/mol. The second-order valence-corrected chi connectivity index (χ2v) is 10.1. The zero-order chi connectivity index (χ0) is 18.7. The molecule has 0 aromatic heterocycles. The minimum atomic E-state index is 0.111. The van der Waals surface area contributed by atoms with Gasteiger partial charge in [-0.15, -0.1) is 0 Å². The van der Waals surface area contributed by atoms with Crippen LogP contribution in [0.25, 0.3) is 0 Å². The Bertz CT molecular complexity index is 436. The topological polar surface area (TPSA) is 18.5 Å². The molecule has 3 aliphatic carbocycles. The number of ether oxygens (including phenoxy) is 2. The van der Waals surface area contributed by atoms with Crippen LogP contribution < -0.4 is 0 Å². The number of fused-ring (bicyclic) bond motifs is 2. The van der Waals surface area contributed by atoms with Gasteiger partial charge in [-0.1, -0.05) is 39.5 Å². The van der Waals surface area contributed by atoms with Crippen LogP contribution >= 0.6 is 0 Å². The average Bonchev–Trinajstić information content (AvgIpc) is 2.59. The monoisotopic (exact) mass is 364 g/mol. The van der Waals surface area contributed by atoms with Crippen LogP contribution in [0.4, 0.5) is 0 Å². The highest BCUT2D eigenvalue weighted by Gasteiger charge is 2.48. The van der Waals surface area contributed by atoms with Gasteiger partial charge in [-0.3, -0.25) is 0 Å². The molecule has 3 fully saturated rings. The fourth-order valence-electron chi connectivity index (χ4n) is 7.03. The van der Waals surface area contributed by atoms with Gasteiger partial charge in [-0.25, -0.2) is 0 Å². The zero-order valence-electron chi connectivity index (χ0n) is 18.1. The van der Waals surface area contributed by atoms with Crippen LogP contribution in [0.15, 0.2) is 0 Å². The molecule has 2 bridgehead atoms. The van der Waals surface area contributed by atoms with E-state index in [0.29, 0.717) is 6.10 Å². The van der Waals surface area contributed by atoms with Crippen molar-refractivity contribution in [2.45, 2.75) is 104 Å². The second kappa shape index (κ2) is 8.95. The van der Waals surface area contributed by atoms with Crippen molar-refractivity contribution in [2.75, 3.05) is 13.2 Å². The van der Waals surface area contributed by atoms with Crippen molar-refractivity contribution >= 4 is 0 Å². The van der Waals surface area contributed by atoms with Crippen molar-refractivity contribution in [1.29, 1.82) is 0 Å². The molecule has 26 heavy (non-hydrogen) atoms. The predicted molar refractivity (Wildman–Crippen MR) is 109 cm³/mol. The Morgan fingerprint density at radius 1 is 1.04 bits per heavy atom. The Morgan fingerprint density at radius 2 is 1.85 bits per heavy atom. The molecule has 152 valence electrons. The molecule has 0 spiro atoms. The third-order valence-corrected chi connectivity index (χ3v) is 8.19. The van der Waals surface area contributed by atoms with E-state index in [4.69, 9.17) is 9.47 Å². The van der Waals surface area contributed by atoms with E-state index in [2.05, 4.69) is 34.6 Å². The van der Waals surface area contributed by atoms with Gasteiger partial charge in [-0.2, -0.15) is 0 Å². The van der Waals surface area contributed by atoms with Crippen LogP contribution in [-0.2, 0) is 9.47 Å². The number of hydrogen-bond acceptors (Lipinski definition) is 2. The number of rotatable bonds is 7. The van der Waals surface area contributed by atoms with Gasteiger partial charge in [-0.05, 0) is 88.4 Å². The van der Waals surface area contributed by atoms with Crippen molar-refractivity contribution in [3.05, 3.63) is 0 Å². The Hall–Kier alpha value is -0.0800. The summed E-state index contributed by atoms with van der Waals surface area (Å²) < 4.78 is 12.7. The molecular formula is C24H44O2. The summed E-state index contributed by atoms with van der Waals surface area (Å²) >= 11 is 0. The van der Waals surface area contributed by atoms with Gasteiger partial charge in [0.15, 0.2) is 0 Å². The minimum absolute atomic E-state index is 0.111. The largest absolute Gasteiger partial charge is 0.378 e. The molecule has 0 saturated heterocycles. The molecule has 0 aliphatic heterocycles. The van der Waals surface area contributed by atoms with Gasteiger partial charge in [0.1, 0.15) is 0 Å². The first-order chi connectivity index (χ1) is 12.5. The summed E-state index contributed by atoms with van der Waals surface area (Å²) in [4.78, 5) is 0. The van der Waals surface area contributed by atoms with Gasteiger partial charge in [0.2, 0.25) is 0 Å². The highest BCUT2D eigenvalue weighted by atomic mass is 16.5. The van der Waals surface area contributed by atoms with E-state index >= 15 is 0 Å². The first-order valence-corrected chi connectivity index (χ1v) is 11.7. The highest BCUT2D eigenvalue weighted by molar-refractivity contribution is 4.99. The molecule has 0 aromatic carbocycles. The van der Waals surface area contributed by atoms with Crippen LogP contribution in [0.1, 0.15) is 92.4 Å².